The van der Waals surface area contributed by atoms with Crippen LogP contribution in [0.3, 0.4) is 0 Å². The van der Waals surface area contributed by atoms with Crippen LogP contribution in [0.5, 0.6) is 5.75 Å². The molecule has 0 fully saturated rings. The molecule has 6 nitrogen and oxygen atoms in total. The third-order valence-electron chi connectivity index (χ3n) is 4.02. The molecule has 0 bridgehead atoms. The molecule has 0 saturated carbocycles. The molecule has 0 unspecified atom stereocenters. The van der Waals surface area contributed by atoms with Gasteiger partial charge in [0.25, 0.3) is 5.69 Å². The van der Waals surface area contributed by atoms with Gasteiger partial charge in [-0.2, -0.15) is 0 Å². The number of rotatable bonds is 6. The van der Waals surface area contributed by atoms with E-state index >= 15 is 0 Å². The first-order valence-electron chi connectivity index (χ1n) is 8.57. The predicted octanol–water partition coefficient (Wildman–Crippen LogP) is 5.50. The van der Waals surface area contributed by atoms with Gasteiger partial charge in [0.1, 0.15) is 11.6 Å². The van der Waals surface area contributed by atoms with Gasteiger partial charge >= 0.3 is 5.97 Å². The molecular formula is C22H13ClFNO5. The number of allylic oxidation sites excluding steroid dienone is 1. The highest BCUT2D eigenvalue weighted by atomic mass is 35.5. The maximum absolute atomic E-state index is 13.7. The average Bonchev–Trinajstić information content (AvgIpc) is 2.74. The van der Waals surface area contributed by atoms with Crippen molar-refractivity contribution >= 4 is 35.1 Å². The first-order chi connectivity index (χ1) is 14.3. The summed E-state index contributed by atoms with van der Waals surface area (Å²) in [5.41, 5.74) is 0.417. The van der Waals surface area contributed by atoms with E-state index in [9.17, 15) is 24.1 Å². The van der Waals surface area contributed by atoms with Crippen LogP contribution < -0.4 is 4.74 Å². The van der Waals surface area contributed by atoms with Crippen LogP contribution in [-0.2, 0) is 0 Å². The number of non-ortho nitro benzene ring substituents is 1. The van der Waals surface area contributed by atoms with E-state index in [4.69, 9.17) is 16.3 Å². The highest BCUT2D eigenvalue weighted by Gasteiger charge is 2.17. The van der Waals surface area contributed by atoms with Crippen molar-refractivity contribution in [3.8, 4) is 5.75 Å². The number of halogens is 2. The molecule has 0 saturated heterocycles. The Hall–Kier alpha value is -3.84. The summed E-state index contributed by atoms with van der Waals surface area (Å²) in [5, 5.41) is 11.3. The Morgan fingerprint density at radius 1 is 1.00 bits per heavy atom. The van der Waals surface area contributed by atoms with Crippen molar-refractivity contribution < 1.29 is 23.6 Å². The minimum Gasteiger partial charge on any atom is -0.422 e. The van der Waals surface area contributed by atoms with Gasteiger partial charge in [-0.25, -0.2) is 9.18 Å². The largest absolute Gasteiger partial charge is 0.422 e. The van der Waals surface area contributed by atoms with E-state index < -0.39 is 22.5 Å². The van der Waals surface area contributed by atoms with Gasteiger partial charge in [0, 0.05) is 17.2 Å². The summed E-state index contributed by atoms with van der Waals surface area (Å²) in [7, 11) is 0. The molecule has 0 aliphatic heterocycles. The van der Waals surface area contributed by atoms with Gasteiger partial charge < -0.3 is 4.74 Å². The monoisotopic (exact) mass is 425 g/mol. The molecule has 0 heterocycles. The summed E-state index contributed by atoms with van der Waals surface area (Å²) in [6, 6.07) is 14.7. The number of nitrogens with zero attached hydrogens (tertiary/aromatic N) is 1. The minimum atomic E-state index is -0.841. The highest BCUT2D eigenvalue weighted by molar-refractivity contribution is 6.30. The van der Waals surface area contributed by atoms with Crippen LogP contribution in [0.4, 0.5) is 10.1 Å². The van der Waals surface area contributed by atoms with Crippen molar-refractivity contribution in [1.29, 1.82) is 0 Å². The molecule has 3 rings (SSSR count). The number of esters is 1. The van der Waals surface area contributed by atoms with Gasteiger partial charge in [-0.15, -0.1) is 0 Å². The number of carbonyl (C=O) groups excluding carboxylic acids is 2. The van der Waals surface area contributed by atoms with E-state index in [0.29, 0.717) is 10.6 Å². The lowest BCUT2D eigenvalue weighted by atomic mass is 10.1. The van der Waals surface area contributed by atoms with Crippen molar-refractivity contribution in [3.63, 3.8) is 0 Å². The van der Waals surface area contributed by atoms with Crippen molar-refractivity contribution in [2.75, 3.05) is 0 Å². The van der Waals surface area contributed by atoms with Crippen LogP contribution in [0.1, 0.15) is 26.3 Å². The maximum atomic E-state index is 13.7. The topological polar surface area (TPSA) is 86.5 Å². The van der Waals surface area contributed by atoms with Gasteiger partial charge in [-0.3, -0.25) is 14.9 Å². The highest BCUT2D eigenvalue weighted by Crippen LogP contribution is 2.23. The lowest BCUT2D eigenvalue weighted by Crippen LogP contribution is -2.11. The number of ether oxygens (including phenoxy) is 1. The summed E-state index contributed by atoms with van der Waals surface area (Å²) in [6.45, 7) is 0. The van der Waals surface area contributed by atoms with Crippen LogP contribution in [0.15, 0.2) is 72.8 Å². The van der Waals surface area contributed by atoms with E-state index in [-0.39, 0.29) is 22.6 Å². The van der Waals surface area contributed by atoms with E-state index in [0.717, 1.165) is 24.3 Å². The van der Waals surface area contributed by atoms with E-state index in [2.05, 4.69) is 0 Å². The lowest BCUT2D eigenvalue weighted by molar-refractivity contribution is -0.384. The predicted molar refractivity (Wildman–Crippen MR) is 109 cm³/mol. The Kier molecular flexibility index (Phi) is 6.34. The fourth-order valence-electron chi connectivity index (χ4n) is 2.50. The third-order valence-corrected chi connectivity index (χ3v) is 4.27. The minimum absolute atomic E-state index is 0.0417. The summed E-state index contributed by atoms with van der Waals surface area (Å²) < 4.78 is 18.9. The van der Waals surface area contributed by atoms with Crippen LogP contribution in [0.25, 0.3) is 6.08 Å². The molecule has 0 radical (unpaired) electrons. The van der Waals surface area contributed by atoms with Crippen molar-refractivity contribution in [3.05, 3.63) is 110 Å². The molecular weight excluding hydrogens is 413 g/mol. The number of hydrogen-bond donors (Lipinski definition) is 0. The van der Waals surface area contributed by atoms with E-state index in [1.54, 1.807) is 24.3 Å². The second kappa shape index (κ2) is 9.11. The second-order valence-electron chi connectivity index (χ2n) is 6.08. The standard InChI is InChI=1S/C22H13ClFNO5/c23-16-6-1-14(2-7-16)3-11-20(26)19-13-17(24)8-12-21(19)30-22(27)15-4-9-18(10-5-15)25(28)29/h1-13H/b11-3+. The van der Waals surface area contributed by atoms with Crippen LogP contribution in [0, 0.1) is 15.9 Å². The van der Waals surface area contributed by atoms with Crippen molar-refractivity contribution in [2.45, 2.75) is 0 Å². The zero-order valence-corrected chi connectivity index (χ0v) is 16.0. The fraction of sp³-hybridized carbons (Fsp3) is 0. The smallest absolute Gasteiger partial charge is 0.343 e. The fourth-order valence-corrected chi connectivity index (χ4v) is 2.62. The summed E-state index contributed by atoms with van der Waals surface area (Å²) >= 11 is 5.82. The van der Waals surface area contributed by atoms with Crippen molar-refractivity contribution in [1.82, 2.24) is 0 Å². The molecule has 3 aromatic rings. The molecule has 3 aromatic carbocycles. The first kappa shape index (κ1) is 20.9. The lowest BCUT2D eigenvalue weighted by Gasteiger charge is -2.08. The number of nitro benzene ring substituents is 1. The summed E-state index contributed by atoms with van der Waals surface area (Å²) in [4.78, 5) is 35.0. The van der Waals surface area contributed by atoms with Gasteiger partial charge in [-0.1, -0.05) is 29.8 Å². The molecule has 0 amide bonds. The molecule has 0 aliphatic rings. The third kappa shape index (κ3) is 5.15. The quantitative estimate of drug-likeness (QED) is 0.130. The van der Waals surface area contributed by atoms with Crippen LogP contribution >= 0.6 is 11.6 Å². The number of ketones is 1. The van der Waals surface area contributed by atoms with Crippen LogP contribution in [0.2, 0.25) is 5.02 Å². The van der Waals surface area contributed by atoms with Crippen molar-refractivity contribution in [2.24, 2.45) is 0 Å². The molecule has 0 aromatic heterocycles. The van der Waals surface area contributed by atoms with Gasteiger partial charge in [0.15, 0.2) is 5.78 Å². The van der Waals surface area contributed by atoms with Gasteiger partial charge in [-0.05, 0) is 54.1 Å². The number of hydrogen-bond acceptors (Lipinski definition) is 5. The number of benzene rings is 3. The van der Waals surface area contributed by atoms with E-state index in [1.165, 1.54) is 30.4 Å². The maximum Gasteiger partial charge on any atom is 0.343 e. The number of carbonyl (C=O) groups is 2. The van der Waals surface area contributed by atoms with Gasteiger partial charge in [0.05, 0.1) is 16.1 Å². The van der Waals surface area contributed by atoms with E-state index in [1.807, 2.05) is 0 Å². The number of nitro groups is 1. The molecule has 0 spiro atoms. The average molecular weight is 426 g/mol. The first-order valence-corrected chi connectivity index (χ1v) is 8.95. The zero-order valence-electron chi connectivity index (χ0n) is 15.2. The normalized spacial score (nSPS) is 10.7. The Labute approximate surface area is 175 Å². The Bertz CT molecular complexity index is 1140. The Morgan fingerprint density at radius 3 is 2.30 bits per heavy atom. The zero-order chi connectivity index (χ0) is 21.7. The Balaban J connectivity index is 1.82. The molecule has 8 heteroatoms. The Morgan fingerprint density at radius 2 is 1.67 bits per heavy atom. The summed E-state index contributed by atoms with van der Waals surface area (Å²) in [6.07, 6.45) is 2.74. The molecule has 0 N–H and O–H groups in total. The second-order valence-corrected chi connectivity index (χ2v) is 6.52. The van der Waals surface area contributed by atoms with Gasteiger partial charge in [0.2, 0.25) is 0 Å². The SMILES string of the molecule is O=C(Oc1ccc(F)cc1C(=O)/C=C/c1ccc(Cl)cc1)c1ccc([N+](=O)[O-])cc1. The molecule has 0 atom stereocenters. The molecule has 150 valence electrons. The van der Waals surface area contributed by atoms with Crippen LogP contribution in [-0.4, -0.2) is 16.7 Å². The molecule has 0 aliphatic carbocycles. The summed E-state index contributed by atoms with van der Waals surface area (Å²) in [5.74, 6) is -2.22. The molecule has 30 heavy (non-hydrogen) atoms.